The summed E-state index contributed by atoms with van der Waals surface area (Å²) in [5.74, 6) is 6.94. The largest absolute Gasteiger partial charge is 1.00 e. The molecule has 4 atom stereocenters. The summed E-state index contributed by atoms with van der Waals surface area (Å²) in [6.45, 7) is 22.3. The molecule has 36 heteroatoms. The van der Waals surface area contributed by atoms with E-state index in [-0.39, 0.29) is 120 Å². The SMILES string of the molecule is CCOc1ccccc1OCCI.CCOc1ccccc1OCCN[C@H](C)Cc1ccc(OC)c(S(N)(=O)=O)c1.CCOc1ccccc1OCCN[C@H](C)Cc1ccc(OC)c(S(N)(=O)=O)c1.CCOc1ccccc1OCC[N+](=Cc1ccccc1)[C@H](C)Cc1ccc(OC)c(S(N)(=O)=O)c1.COc1ccc(C[C@@H](C)N=Cc2ccccc2)cc1S(N)(=O)=O.I.O.[I-]. The average Bonchev–Trinajstić information content (AvgIpc) is 0.825. The predicted molar refractivity (Wildman–Crippen MR) is 527 cm³/mol. The van der Waals surface area contributed by atoms with Crippen LogP contribution < -0.4 is 112 Å². The Morgan fingerprint density at radius 3 is 0.923 bits per heavy atom. The van der Waals surface area contributed by atoms with E-state index in [1.54, 1.807) is 48.5 Å². The van der Waals surface area contributed by atoms with Crippen LogP contribution in [0, 0.1) is 0 Å². The number of hydrogen-bond donors (Lipinski definition) is 6. The number of alkyl halides is 1. The molecule has 0 saturated heterocycles. The predicted octanol–water partition coefficient (Wildman–Crippen LogP) is 10.7. The lowest BCUT2D eigenvalue weighted by atomic mass is 10.1. The summed E-state index contributed by atoms with van der Waals surface area (Å²) in [5, 5.41) is 27.9. The van der Waals surface area contributed by atoms with E-state index in [4.69, 9.17) is 77.4 Å². The number of halogens is 3. The first-order valence-corrected chi connectivity index (χ1v) is 48.9. The van der Waals surface area contributed by atoms with Gasteiger partial charge in [0.15, 0.2) is 64.8 Å². The highest BCUT2D eigenvalue weighted by Crippen LogP contribution is 2.33. The number of hydrogen-bond acceptors (Lipinski definition) is 23. The van der Waals surface area contributed by atoms with Gasteiger partial charge < -0.3 is 96.9 Å². The molecule has 10 aromatic rings. The van der Waals surface area contributed by atoms with Crippen molar-refractivity contribution < 1.29 is 125 Å². The van der Waals surface area contributed by atoms with Crippen LogP contribution >= 0.6 is 46.6 Å². The smallest absolute Gasteiger partial charge is 0.241 e. The van der Waals surface area contributed by atoms with Crippen molar-refractivity contribution in [1.82, 2.24) is 10.6 Å². The number of sulfonamides is 4. The Morgan fingerprint density at radius 2 is 0.631 bits per heavy atom. The lowest BCUT2D eigenvalue weighted by molar-refractivity contribution is -0.558. The van der Waals surface area contributed by atoms with E-state index in [0.29, 0.717) is 109 Å². The Bertz CT molecular complexity index is 5400. The van der Waals surface area contributed by atoms with Crippen molar-refractivity contribution in [2.24, 2.45) is 25.5 Å². The van der Waals surface area contributed by atoms with Crippen LogP contribution in [0.1, 0.15) is 88.8 Å². The Hall–Kier alpha value is -9.15. The summed E-state index contributed by atoms with van der Waals surface area (Å²) in [4.78, 5) is 4.46. The molecule has 0 spiro atoms. The standard InChI is InChI=1S/C27H33N2O5S.2C20H28N2O5S.C17H20N2O3S.C10H13IO2.2HI.H2O/c1-4-33-24-12-8-9-13-25(24)34-17-16-29(20-22-10-6-5-7-11-22)21(2)18-23-14-15-26(32-3)27(19-23)35(28,30)31;2*1-4-26-17-7-5-6-8-18(17)27-12-11-22-15(2)13-16-9-10-19(25-3)20(14-16)28(21,23)24;1-13(19-12-14-6-4-3-5-7-14)10-15-8-9-16(22-2)17(11-15)23(18,20)21;1-2-12-9-5-3-4-6-10(9)13-8-7-11;;;/h5-15,19-21H,4,16-18H2,1-3H3,(H2,28,30,31);2*5-10,14-15,22H,4,11-13H2,1-3H3,(H2,21,23,24);3-9,11-13H,10H2,1-2H3,(H2,18,20,21);3-6H,2,7-8H2,1H3;2*1H;1H2/q+1;;;;;;;/p-1/t21-;2*15-;13-;;;;/m1111..../s1. The van der Waals surface area contributed by atoms with Gasteiger partial charge in [0, 0.05) is 47.8 Å². The number of para-hydroxylation sites is 8. The van der Waals surface area contributed by atoms with E-state index < -0.39 is 40.1 Å². The van der Waals surface area contributed by atoms with Crippen molar-refractivity contribution in [3.63, 3.8) is 0 Å². The van der Waals surface area contributed by atoms with Gasteiger partial charge in [-0.2, -0.15) is 0 Å². The Morgan fingerprint density at radius 1 is 0.362 bits per heavy atom. The molecule has 0 bridgehead atoms. The van der Waals surface area contributed by atoms with Crippen molar-refractivity contribution in [2.45, 2.75) is 125 Å². The van der Waals surface area contributed by atoms with Gasteiger partial charge in [0.25, 0.3) is 0 Å². The van der Waals surface area contributed by atoms with Gasteiger partial charge in [-0.25, -0.2) is 58.8 Å². The summed E-state index contributed by atoms with van der Waals surface area (Å²) >= 11 is 2.28. The molecule has 10 rings (SSSR count). The van der Waals surface area contributed by atoms with Crippen molar-refractivity contribution in [1.29, 1.82) is 0 Å². The normalized spacial score (nSPS) is 12.1. The summed E-state index contributed by atoms with van der Waals surface area (Å²) in [6.07, 6.45) is 6.40. The molecule has 10 aromatic carbocycles. The van der Waals surface area contributed by atoms with Gasteiger partial charge in [0.05, 0.1) is 67.5 Å². The van der Waals surface area contributed by atoms with Crippen LogP contribution in [0.25, 0.3) is 0 Å². The number of rotatable bonds is 45. The molecule has 0 amide bonds. The van der Waals surface area contributed by atoms with Crippen LogP contribution in [0.3, 0.4) is 0 Å². The zero-order valence-electron chi connectivity index (χ0n) is 75.4. The van der Waals surface area contributed by atoms with E-state index in [2.05, 4.69) is 55.9 Å². The first kappa shape index (κ1) is 115. The first-order chi connectivity index (χ1) is 60.8. The van der Waals surface area contributed by atoms with E-state index >= 15 is 0 Å². The second-order valence-electron chi connectivity index (χ2n) is 28.4. The van der Waals surface area contributed by atoms with Crippen molar-refractivity contribution in [3.8, 4) is 69.0 Å². The minimum Gasteiger partial charge on any atom is -1.00 e. The monoisotopic (exact) mass is 2210 g/mol. The average molecular weight is 2210 g/mol. The van der Waals surface area contributed by atoms with Gasteiger partial charge >= 0.3 is 0 Å². The fourth-order valence-electron chi connectivity index (χ4n) is 12.6. The van der Waals surface area contributed by atoms with Crippen molar-refractivity contribution in [3.05, 3.63) is 264 Å². The Labute approximate surface area is 815 Å². The minimum atomic E-state index is -3.90. The van der Waals surface area contributed by atoms with Gasteiger partial charge in [-0.1, -0.05) is 144 Å². The molecule has 12 N–H and O–H groups in total. The number of methoxy groups -OCH3 is 4. The zero-order chi connectivity index (χ0) is 92.8. The molecule has 0 aliphatic carbocycles. The van der Waals surface area contributed by atoms with Crippen LogP contribution in [0.2, 0.25) is 0 Å². The number of ether oxygens (including phenoxy) is 12. The van der Waals surface area contributed by atoms with E-state index in [1.807, 2.05) is 237 Å². The molecule has 29 nitrogen and oxygen atoms in total. The molecular formula is C94H125I3N8O21S4. The number of nitrogens with one attached hydrogen (secondary N) is 2. The second-order valence-corrected chi connectivity index (χ2v) is 35.6. The zero-order valence-corrected chi connectivity index (χ0v) is 85.3. The van der Waals surface area contributed by atoms with Crippen LogP contribution in [0.4, 0.5) is 0 Å². The lowest BCUT2D eigenvalue weighted by Crippen LogP contribution is -3.00. The number of primary sulfonamides is 4. The highest BCUT2D eigenvalue weighted by Gasteiger charge is 2.24. The maximum Gasteiger partial charge on any atom is 0.241 e. The lowest BCUT2D eigenvalue weighted by Gasteiger charge is -2.16. The number of aliphatic imine (C=N–C) groups is 1. The molecule has 0 heterocycles. The first-order valence-electron chi connectivity index (χ1n) is 41.2. The third-order valence-corrected chi connectivity index (χ3v) is 22.7. The van der Waals surface area contributed by atoms with Crippen LogP contribution in [-0.2, 0) is 65.8 Å². The maximum absolute atomic E-state index is 12.0. The second kappa shape index (κ2) is 60.8. The minimum absolute atomic E-state index is 0. The van der Waals surface area contributed by atoms with Crippen LogP contribution in [0.5, 0.6) is 69.0 Å². The molecule has 130 heavy (non-hydrogen) atoms. The van der Waals surface area contributed by atoms with Crippen LogP contribution in [-0.4, -0.2) is 186 Å². The van der Waals surface area contributed by atoms with Gasteiger partial charge in [-0.05, 0) is 212 Å². The van der Waals surface area contributed by atoms with Crippen molar-refractivity contribution >= 4 is 99.1 Å². The maximum atomic E-state index is 12.0. The number of nitrogens with zero attached hydrogens (tertiary/aromatic N) is 2. The molecule has 0 aromatic heterocycles. The van der Waals surface area contributed by atoms with Gasteiger partial charge in [-0.3, -0.25) is 4.99 Å². The van der Waals surface area contributed by atoms with E-state index in [1.165, 1.54) is 28.4 Å². The summed E-state index contributed by atoms with van der Waals surface area (Å²) in [6, 6.07) is 70.7. The molecule has 0 radical (unpaired) electrons. The van der Waals surface area contributed by atoms with Crippen molar-refractivity contribution in [2.75, 3.05) is 105 Å². The number of benzene rings is 10. The highest BCUT2D eigenvalue weighted by molar-refractivity contribution is 14.1. The van der Waals surface area contributed by atoms with Gasteiger partial charge in [-0.15, -0.1) is 24.0 Å². The summed E-state index contributed by atoms with van der Waals surface area (Å²) in [5.41, 5.74) is 5.48. The van der Waals surface area contributed by atoms with E-state index in [0.717, 1.165) is 73.2 Å². The Kier molecular flexibility index (Phi) is 53.8. The topological polar surface area (TPSA) is 422 Å². The fourth-order valence-corrected chi connectivity index (χ4v) is 15.8. The molecule has 0 aliphatic heterocycles. The summed E-state index contributed by atoms with van der Waals surface area (Å²) in [7, 11) is -9.75. The molecule has 0 aliphatic rings. The third-order valence-electron chi connectivity index (χ3n) is 18.5. The van der Waals surface area contributed by atoms with Gasteiger partial charge in [0.2, 0.25) is 40.1 Å². The van der Waals surface area contributed by atoms with E-state index in [9.17, 15) is 33.7 Å². The molecular weight excluding hydrogens is 2090 g/mol. The molecule has 0 saturated carbocycles. The van der Waals surface area contributed by atoms with Gasteiger partial charge in [0.1, 0.15) is 62.4 Å². The molecule has 0 unspecified atom stereocenters. The molecule has 712 valence electrons. The number of nitrogens with two attached hydrogens (primary N) is 4. The quantitative estimate of drug-likeness (QED) is 0.00679. The summed E-state index contributed by atoms with van der Waals surface area (Å²) < 4.78 is 163. The Balaban J connectivity index is 0.000000427. The highest BCUT2D eigenvalue weighted by atomic mass is 127. The fraction of sp³-hybridized carbons (Fsp3) is 0.340. The third kappa shape index (κ3) is 41.3. The van der Waals surface area contributed by atoms with Crippen LogP contribution in [0.15, 0.2) is 255 Å². The molecule has 0 fully saturated rings.